The summed E-state index contributed by atoms with van der Waals surface area (Å²) >= 11 is 2.74. The van der Waals surface area contributed by atoms with Gasteiger partial charge >= 0.3 is 5.97 Å². The van der Waals surface area contributed by atoms with Crippen molar-refractivity contribution in [1.29, 1.82) is 0 Å². The molecule has 0 atom stereocenters. The Hall–Kier alpha value is -1.17. The van der Waals surface area contributed by atoms with Crippen molar-refractivity contribution < 1.29 is 18.7 Å². The summed E-state index contributed by atoms with van der Waals surface area (Å²) in [5.41, 5.74) is 0.0736. The molecule has 0 fully saturated rings. The van der Waals surface area contributed by atoms with Gasteiger partial charge < -0.3 is 10.4 Å². The molecule has 0 amide bonds. The number of benzene rings is 1. The number of aliphatic carboxylic acids is 1. The lowest BCUT2D eigenvalue weighted by molar-refractivity contribution is -0.136. The molecule has 82 valence electrons. The van der Waals surface area contributed by atoms with Gasteiger partial charge in [0.05, 0.1) is 16.6 Å². The SMILES string of the molecule is O=C(O)CCNc1ccc(F)c(Br)c1F. The van der Waals surface area contributed by atoms with Crippen molar-refractivity contribution in [3.63, 3.8) is 0 Å². The van der Waals surface area contributed by atoms with E-state index in [1.54, 1.807) is 0 Å². The van der Waals surface area contributed by atoms with Crippen molar-refractivity contribution in [2.75, 3.05) is 11.9 Å². The molecule has 1 rings (SSSR count). The Morgan fingerprint density at radius 1 is 1.47 bits per heavy atom. The van der Waals surface area contributed by atoms with Crippen LogP contribution in [0.15, 0.2) is 16.6 Å². The average Bonchev–Trinajstić information content (AvgIpc) is 2.18. The van der Waals surface area contributed by atoms with Gasteiger partial charge in [0.25, 0.3) is 0 Å². The largest absolute Gasteiger partial charge is 0.481 e. The van der Waals surface area contributed by atoms with Crippen LogP contribution in [0, 0.1) is 11.6 Å². The number of rotatable bonds is 4. The van der Waals surface area contributed by atoms with Crippen molar-refractivity contribution in [2.24, 2.45) is 0 Å². The molecule has 6 heteroatoms. The van der Waals surface area contributed by atoms with E-state index in [1.165, 1.54) is 6.07 Å². The molecule has 0 spiro atoms. The Kier molecular flexibility index (Phi) is 4.02. The maximum absolute atomic E-state index is 13.3. The summed E-state index contributed by atoms with van der Waals surface area (Å²) in [6.07, 6.45) is -0.131. The zero-order valence-electron chi connectivity index (χ0n) is 7.56. The number of hydrogen-bond acceptors (Lipinski definition) is 2. The van der Waals surface area contributed by atoms with E-state index in [9.17, 15) is 13.6 Å². The van der Waals surface area contributed by atoms with Crippen LogP contribution in [0.4, 0.5) is 14.5 Å². The Bertz CT molecular complexity index is 385. The fourth-order valence-corrected chi connectivity index (χ4v) is 1.31. The van der Waals surface area contributed by atoms with Crippen molar-refractivity contribution in [3.05, 3.63) is 28.2 Å². The van der Waals surface area contributed by atoms with Gasteiger partial charge in [-0.15, -0.1) is 0 Å². The van der Waals surface area contributed by atoms with Gasteiger partial charge in [-0.1, -0.05) is 0 Å². The highest BCUT2D eigenvalue weighted by Crippen LogP contribution is 2.25. The van der Waals surface area contributed by atoms with Crippen LogP contribution >= 0.6 is 15.9 Å². The van der Waals surface area contributed by atoms with Crippen LogP contribution in [0.3, 0.4) is 0 Å². The molecule has 0 aromatic heterocycles. The van der Waals surface area contributed by atoms with Gasteiger partial charge in [-0.05, 0) is 28.1 Å². The summed E-state index contributed by atoms with van der Waals surface area (Å²) in [6, 6.07) is 2.31. The Labute approximate surface area is 93.2 Å². The first-order valence-corrected chi connectivity index (χ1v) is 4.91. The number of carboxylic acid groups (broad SMARTS) is 1. The Balaban J connectivity index is 2.70. The van der Waals surface area contributed by atoms with Crippen LogP contribution in [0.2, 0.25) is 0 Å². The van der Waals surface area contributed by atoms with Gasteiger partial charge in [-0.3, -0.25) is 4.79 Å². The highest BCUT2D eigenvalue weighted by Gasteiger charge is 2.10. The molecule has 0 aliphatic carbocycles. The molecule has 0 unspecified atom stereocenters. The maximum atomic E-state index is 13.3. The lowest BCUT2D eigenvalue weighted by Crippen LogP contribution is -2.09. The van der Waals surface area contributed by atoms with Crippen LogP contribution < -0.4 is 5.32 Å². The molecule has 0 saturated heterocycles. The monoisotopic (exact) mass is 279 g/mol. The van der Waals surface area contributed by atoms with Crippen molar-refractivity contribution >= 4 is 27.6 Å². The fraction of sp³-hybridized carbons (Fsp3) is 0.222. The first-order valence-electron chi connectivity index (χ1n) is 4.11. The van der Waals surface area contributed by atoms with Crippen LogP contribution in [0.25, 0.3) is 0 Å². The first-order chi connectivity index (χ1) is 7.02. The smallest absolute Gasteiger partial charge is 0.305 e. The number of carbonyl (C=O) groups is 1. The average molecular weight is 280 g/mol. The number of anilines is 1. The van der Waals surface area contributed by atoms with E-state index >= 15 is 0 Å². The molecular formula is C9H8BrF2NO2. The minimum Gasteiger partial charge on any atom is -0.481 e. The summed E-state index contributed by atoms with van der Waals surface area (Å²) in [6.45, 7) is 0.0876. The van der Waals surface area contributed by atoms with E-state index in [1.807, 2.05) is 0 Å². The minimum absolute atomic E-state index is 0.0736. The van der Waals surface area contributed by atoms with E-state index in [0.717, 1.165) is 6.07 Å². The molecular weight excluding hydrogens is 272 g/mol. The summed E-state index contributed by atoms with van der Waals surface area (Å²) in [7, 11) is 0. The number of carboxylic acids is 1. The summed E-state index contributed by atoms with van der Waals surface area (Å²) in [4.78, 5) is 10.2. The molecule has 0 radical (unpaired) electrons. The molecule has 15 heavy (non-hydrogen) atoms. The van der Waals surface area contributed by atoms with Gasteiger partial charge in [0, 0.05) is 6.54 Å². The molecule has 0 aliphatic rings. The highest BCUT2D eigenvalue weighted by molar-refractivity contribution is 9.10. The van der Waals surface area contributed by atoms with Crippen LogP contribution in [-0.4, -0.2) is 17.6 Å². The lowest BCUT2D eigenvalue weighted by Gasteiger charge is -2.07. The third-order valence-corrected chi connectivity index (χ3v) is 2.42. The summed E-state index contributed by atoms with van der Waals surface area (Å²) in [5.74, 6) is -2.44. The van der Waals surface area contributed by atoms with Crippen LogP contribution in [0.1, 0.15) is 6.42 Å². The summed E-state index contributed by atoms with van der Waals surface area (Å²) in [5, 5.41) is 10.9. The molecule has 1 aromatic carbocycles. The maximum Gasteiger partial charge on any atom is 0.305 e. The number of hydrogen-bond donors (Lipinski definition) is 2. The van der Waals surface area contributed by atoms with Gasteiger partial charge in [-0.2, -0.15) is 0 Å². The number of nitrogens with one attached hydrogen (secondary N) is 1. The van der Waals surface area contributed by atoms with Crippen molar-refractivity contribution in [1.82, 2.24) is 0 Å². The van der Waals surface area contributed by atoms with E-state index in [-0.39, 0.29) is 23.1 Å². The summed E-state index contributed by atoms with van der Waals surface area (Å²) < 4.78 is 25.8. The standard InChI is InChI=1S/C9H8BrF2NO2/c10-8-5(11)1-2-6(9(8)12)13-4-3-7(14)15/h1-2,13H,3-4H2,(H,14,15). The normalized spacial score (nSPS) is 10.1. The first kappa shape index (κ1) is 11.9. The van der Waals surface area contributed by atoms with Gasteiger partial charge in [-0.25, -0.2) is 8.78 Å². The van der Waals surface area contributed by atoms with Gasteiger partial charge in [0.1, 0.15) is 5.82 Å². The second kappa shape index (κ2) is 5.06. The lowest BCUT2D eigenvalue weighted by atomic mass is 10.3. The van der Waals surface area contributed by atoms with E-state index in [2.05, 4.69) is 21.2 Å². The zero-order valence-corrected chi connectivity index (χ0v) is 9.14. The second-order valence-electron chi connectivity index (χ2n) is 2.79. The Morgan fingerprint density at radius 2 is 2.13 bits per heavy atom. The van der Waals surface area contributed by atoms with Gasteiger partial charge in [0.2, 0.25) is 0 Å². The molecule has 0 bridgehead atoms. The molecule has 0 aliphatic heterocycles. The van der Waals surface area contributed by atoms with Crippen molar-refractivity contribution in [3.8, 4) is 0 Å². The van der Waals surface area contributed by atoms with Crippen LogP contribution in [0.5, 0.6) is 0 Å². The molecule has 3 nitrogen and oxygen atoms in total. The minimum atomic E-state index is -0.982. The predicted molar refractivity (Wildman–Crippen MR) is 54.8 cm³/mol. The van der Waals surface area contributed by atoms with Crippen LogP contribution in [-0.2, 0) is 4.79 Å². The predicted octanol–water partition coefficient (Wildman–Crippen LogP) is 2.61. The van der Waals surface area contributed by atoms with E-state index in [4.69, 9.17) is 5.11 Å². The fourth-order valence-electron chi connectivity index (χ4n) is 0.967. The molecule has 0 saturated carbocycles. The Morgan fingerprint density at radius 3 is 2.73 bits per heavy atom. The topological polar surface area (TPSA) is 49.3 Å². The molecule has 1 aromatic rings. The second-order valence-corrected chi connectivity index (χ2v) is 3.59. The highest BCUT2D eigenvalue weighted by atomic mass is 79.9. The quantitative estimate of drug-likeness (QED) is 0.833. The number of halogens is 3. The molecule has 2 N–H and O–H groups in total. The van der Waals surface area contributed by atoms with E-state index in [0.29, 0.717) is 0 Å². The molecule has 0 heterocycles. The van der Waals surface area contributed by atoms with E-state index < -0.39 is 17.6 Å². The zero-order chi connectivity index (χ0) is 11.4. The third kappa shape index (κ3) is 3.16. The third-order valence-electron chi connectivity index (χ3n) is 1.69. The van der Waals surface area contributed by atoms with Gasteiger partial charge in [0.15, 0.2) is 5.82 Å². The van der Waals surface area contributed by atoms with Crippen molar-refractivity contribution in [2.45, 2.75) is 6.42 Å².